The summed E-state index contributed by atoms with van der Waals surface area (Å²) in [6.07, 6.45) is -0.479. The van der Waals surface area contributed by atoms with Crippen molar-refractivity contribution in [3.8, 4) is 0 Å². The van der Waals surface area contributed by atoms with Crippen LogP contribution in [0.4, 0.5) is 5.69 Å². The summed E-state index contributed by atoms with van der Waals surface area (Å²) in [7, 11) is 0. The van der Waals surface area contributed by atoms with Crippen LogP contribution >= 0.6 is 23.4 Å². The van der Waals surface area contributed by atoms with E-state index in [-0.39, 0.29) is 0 Å². The smallest absolute Gasteiger partial charge is 0.0880 e. The Labute approximate surface area is 122 Å². The van der Waals surface area contributed by atoms with Crippen molar-refractivity contribution in [3.63, 3.8) is 0 Å². The lowest BCUT2D eigenvalue weighted by Gasteiger charge is -2.11. The third-order valence-corrected chi connectivity index (χ3v) is 4.25. The van der Waals surface area contributed by atoms with Crippen LogP contribution in [0.3, 0.4) is 0 Å². The Morgan fingerprint density at radius 2 is 1.79 bits per heavy atom. The van der Waals surface area contributed by atoms with Gasteiger partial charge in [-0.15, -0.1) is 0 Å². The van der Waals surface area contributed by atoms with Gasteiger partial charge in [-0.25, -0.2) is 0 Å². The molecule has 100 valence electrons. The van der Waals surface area contributed by atoms with Crippen LogP contribution in [0.1, 0.15) is 17.2 Å². The maximum absolute atomic E-state index is 10.1. The average molecular weight is 294 g/mol. The molecule has 2 rings (SSSR count). The summed E-state index contributed by atoms with van der Waals surface area (Å²) in [4.78, 5) is 0. The molecule has 0 aliphatic heterocycles. The zero-order chi connectivity index (χ0) is 13.7. The third kappa shape index (κ3) is 4.16. The fourth-order valence-corrected chi connectivity index (χ4v) is 3.00. The van der Waals surface area contributed by atoms with E-state index < -0.39 is 6.10 Å². The van der Waals surface area contributed by atoms with Gasteiger partial charge in [-0.3, -0.25) is 0 Å². The van der Waals surface area contributed by atoms with E-state index in [1.165, 1.54) is 0 Å². The van der Waals surface area contributed by atoms with E-state index in [0.717, 1.165) is 21.9 Å². The molecule has 2 aromatic rings. The zero-order valence-electron chi connectivity index (χ0n) is 10.4. The highest BCUT2D eigenvalue weighted by Crippen LogP contribution is 2.25. The average Bonchev–Trinajstić information content (AvgIpc) is 2.41. The second kappa shape index (κ2) is 6.85. The van der Waals surface area contributed by atoms with Gasteiger partial charge < -0.3 is 10.8 Å². The van der Waals surface area contributed by atoms with Crippen molar-refractivity contribution in [2.45, 2.75) is 11.9 Å². The maximum atomic E-state index is 10.1. The van der Waals surface area contributed by atoms with Gasteiger partial charge in [0.1, 0.15) is 0 Å². The van der Waals surface area contributed by atoms with Crippen LogP contribution in [0.2, 0.25) is 5.02 Å². The fraction of sp³-hybridized carbons (Fsp3) is 0.200. The molecular weight excluding hydrogens is 278 g/mol. The molecule has 0 saturated carbocycles. The van der Waals surface area contributed by atoms with Crippen molar-refractivity contribution in [3.05, 3.63) is 64.7 Å². The van der Waals surface area contributed by atoms with Gasteiger partial charge in [0.05, 0.1) is 6.10 Å². The Kier molecular flexibility index (Phi) is 5.14. The number of benzene rings is 2. The van der Waals surface area contributed by atoms with Crippen LogP contribution in [0.5, 0.6) is 0 Å². The highest BCUT2D eigenvalue weighted by atomic mass is 35.5. The summed E-state index contributed by atoms with van der Waals surface area (Å²) in [6.45, 7) is 0. The SMILES string of the molecule is Nc1ccc(C(O)CSCc2ccccc2Cl)cc1. The van der Waals surface area contributed by atoms with E-state index in [9.17, 15) is 5.11 Å². The van der Waals surface area contributed by atoms with Crippen molar-refractivity contribution in [2.75, 3.05) is 11.5 Å². The number of rotatable bonds is 5. The lowest BCUT2D eigenvalue weighted by Crippen LogP contribution is -2.01. The maximum Gasteiger partial charge on any atom is 0.0880 e. The lowest BCUT2D eigenvalue weighted by molar-refractivity contribution is 0.204. The van der Waals surface area contributed by atoms with Crippen molar-refractivity contribution in [1.82, 2.24) is 0 Å². The molecule has 2 nitrogen and oxygen atoms in total. The van der Waals surface area contributed by atoms with Crippen molar-refractivity contribution in [2.24, 2.45) is 0 Å². The first-order valence-electron chi connectivity index (χ1n) is 6.01. The molecule has 19 heavy (non-hydrogen) atoms. The Morgan fingerprint density at radius 3 is 2.47 bits per heavy atom. The molecular formula is C15H16ClNOS. The molecule has 0 aliphatic rings. The highest BCUT2D eigenvalue weighted by Gasteiger charge is 2.08. The number of anilines is 1. The molecule has 4 heteroatoms. The minimum Gasteiger partial charge on any atom is -0.399 e. The van der Waals surface area contributed by atoms with E-state index in [4.69, 9.17) is 17.3 Å². The first kappa shape index (κ1) is 14.3. The van der Waals surface area contributed by atoms with Gasteiger partial charge in [0.25, 0.3) is 0 Å². The molecule has 0 aliphatic carbocycles. The molecule has 0 amide bonds. The fourth-order valence-electron chi connectivity index (χ4n) is 1.71. The number of hydrogen-bond donors (Lipinski definition) is 2. The molecule has 0 heterocycles. The lowest BCUT2D eigenvalue weighted by atomic mass is 10.1. The Balaban J connectivity index is 1.86. The van der Waals surface area contributed by atoms with Crippen LogP contribution in [0.25, 0.3) is 0 Å². The van der Waals surface area contributed by atoms with Crippen LogP contribution in [-0.4, -0.2) is 10.9 Å². The summed E-state index contributed by atoms with van der Waals surface area (Å²) >= 11 is 7.75. The summed E-state index contributed by atoms with van der Waals surface area (Å²) in [5.41, 5.74) is 8.31. The Morgan fingerprint density at radius 1 is 1.11 bits per heavy atom. The van der Waals surface area contributed by atoms with E-state index in [2.05, 4.69) is 0 Å². The quantitative estimate of drug-likeness (QED) is 0.822. The number of nitrogens with two attached hydrogens (primary N) is 1. The van der Waals surface area contributed by atoms with Crippen molar-refractivity contribution >= 4 is 29.1 Å². The third-order valence-electron chi connectivity index (χ3n) is 2.81. The first-order valence-corrected chi connectivity index (χ1v) is 7.55. The molecule has 1 unspecified atom stereocenters. The second-order valence-electron chi connectivity index (χ2n) is 4.29. The number of aliphatic hydroxyl groups excluding tert-OH is 1. The number of hydrogen-bond acceptors (Lipinski definition) is 3. The Hall–Kier alpha value is -1.16. The van der Waals surface area contributed by atoms with Gasteiger partial charge >= 0.3 is 0 Å². The van der Waals surface area contributed by atoms with Gasteiger partial charge in [-0.2, -0.15) is 11.8 Å². The molecule has 0 bridgehead atoms. The molecule has 0 aromatic heterocycles. The summed E-state index contributed by atoms with van der Waals surface area (Å²) in [6, 6.07) is 15.1. The summed E-state index contributed by atoms with van der Waals surface area (Å²) < 4.78 is 0. The Bertz CT molecular complexity index is 530. The molecule has 0 saturated heterocycles. The van der Waals surface area contributed by atoms with E-state index in [0.29, 0.717) is 11.4 Å². The molecule has 2 aromatic carbocycles. The van der Waals surface area contributed by atoms with E-state index >= 15 is 0 Å². The first-order chi connectivity index (χ1) is 9.16. The standard InChI is InChI=1S/C15H16ClNOS/c16-14-4-2-1-3-12(14)9-19-10-15(18)11-5-7-13(17)8-6-11/h1-8,15,18H,9-10,17H2. The molecule has 3 N–H and O–H groups in total. The van der Waals surface area contributed by atoms with Gasteiger partial charge in [-0.1, -0.05) is 41.9 Å². The topological polar surface area (TPSA) is 46.2 Å². The van der Waals surface area contributed by atoms with E-state index in [1.54, 1.807) is 23.9 Å². The number of aliphatic hydroxyl groups is 1. The van der Waals surface area contributed by atoms with Gasteiger partial charge in [-0.05, 0) is 29.3 Å². The zero-order valence-corrected chi connectivity index (χ0v) is 12.0. The normalized spacial score (nSPS) is 12.3. The second-order valence-corrected chi connectivity index (χ2v) is 5.73. The predicted octanol–water partition coefficient (Wildman–Crippen LogP) is 3.89. The van der Waals surface area contributed by atoms with Crippen molar-refractivity contribution < 1.29 is 5.11 Å². The predicted molar refractivity (Wildman–Crippen MR) is 83.4 cm³/mol. The van der Waals surface area contributed by atoms with Crippen LogP contribution in [-0.2, 0) is 5.75 Å². The van der Waals surface area contributed by atoms with Gasteiger partial charge in [0.15, 0.2) is 0 Å². The molecule has 0 radical (unpaired) electrons. The summed E-state index contributed by atoms with van der Waals surface area (Å²) in [5, 5.41) is 10.8. The molecule has 0 spiro atoms. The summed E-state index contributed by atoms with van der Waals surface area (Å²) in [5.74, 6) is 1.43. The number of halogens is 1. The minimum absolute atomic E-state index is 0.479. The highest BCUT2D eigenvalue weighted by molar-refractivity contribution is 7.98. The monoisotopic (exact) mass is 293 g/mol. The van der Waals surface area contributed by atoms with Crippen LogP contribution in [0.15, 0.2) is 48.5 Å². The number of nitrogen functional groups attached to an aromatic ring is 1. The van der Waals surface area contributed by atoms with E-state index in [1.807, 2.05) is 36.4 Å². The number of thioether (sulfide) groups is 1. The van der Waals surface area contributed by atoms with Crippen LogP contribution in [0, 0.1) is 0 Å². The van der Waals surface area contributed by atoms with Gasteiger partial charge in [0.2, 0.25) is 0 Å². The largest absolute Gasteiger partial charge is 0.399 e. The van der Waals surface area contributed by atoms with Crippen molar-refractivity contribution in [1.29, 1.82) is 0 Å². The molecule has 0 fully saturated rings. The molecule has 1 atom stereocenters. The van der Waals surface area contributed by atoms with Gasteiger partial charge in [0, 0.05) is 22.2 Å². The minimum atomic E-state index is -0.479. The van der Waals surface area contributed by atoms with Crippen LogP contribution < -0.4 is 5.73 Å².